The van der Waals surface area contributed by atoms with Crippen LogP contribution < -0.4 is 11.0 Å². The molecule has 7 heteroatoms. The Hall–Kier alpha value is -2.80. The highest BCUT2D eigenvalue weighted by Crippen LogP contribution is 2.27. The van der Waals surface area contributed by atoms with Gasteiger partial charge in [0.05, 0.1) is 26.8 Å². The van der Waals surface area contributed by atoms with Crippen LogP contribution in [0.1, 0.15) is 5.69 Å². The van der Waals surface area contributed by atoms with E-state index in [0.29, 0.717) is 11.5 Å². The minimum atomic E-state index is -0.360. The number of aromatic nitrogens is 4. The maximum atomic E-state index is 12.6. The van der Waals surface area contributed by atoms with Crippen LogP contribution in [0.5, 0.6) is 0 Å². The molecule has 0 aliphatic heterocycles. The lowest BCUT2D eigenvalue weighted by Crippen LogP contribution is -2.24. The molecule has 0 spiro atoms. The van der Waals surface area contributed by atoms with Gasteiger partial charge in [0.2, 0.25) is 0 Å². The van der Waals surface area contributed by atoms with E-state index in [2.05, 4.69) is 20.3 Å². The molecule has 0 amide bonds. The predicted molar refractivity (Wildman–Crippen MR) is 92.6 cm³/mol. The lowest BCUT2D eigenvalue weighted by atomic mass is 10.2. The first-order chi connectivity index (χ1) is 11.2. The zero-order chi connectivity index (χ0) is 16.0. The van der Waals surface area contributed by atoms with Crippen molar-refractivity contribution in [2.75, 3.05) is 12.4 Å². The lowest BCUT2D eigenvalue weighted by molar-refractivity contribution is 0.945. The molecule has 0 unspecified atom stereocenters. The number of anilines is 1. The van der Waals surface area contributed by atoms with Gasteiger partial charge in [-0.3, -0.25) is 0 Å². The molecule has 0 aliphatic rings. The number of aryl methyl sites for hydroxylation is 1. The van der Waals surface area contributed by atoms with Crippen molar-refractivity contribution in [1.82, 2.24) is 19.5 Å². The average Bonchev–Trinajstić information content (AvgIpc) is 3.03. The first kappa shape index (κ1) is 13.8. The van der Waals surface area contributed by atoms with Crippen LogP contribution in [0.2, 0.25) is 0 Å². The molecule has 0 saturated carbocycles. The van der Waals surface area contributed by atoms with Crippen LogP contribution >= 0.6 is 11.3 Å². The Labute approximate surface area is 135 Å². The zero-order valence-corrected chi connectivity index (χ0v) is 13.4. The molecule has 0 atom stereocenters. The van der Waals surface area contributed by atoms with Gasteiger partial charge in [0, 0.05) is 12.7 Å². The van der Waals surface area contributed by atoms with Gasteiger partial charge in [-0.05, 0) is 31.2 Å². The van der Waals surface area contributed by atoms with Crippen molar-refractivity contribution < 1.29 is 0 Å². The quantitative estimate of drug-likeness (QED) is 0.614. The fourth-order valence-electron chi connectivity index (χ4n) is 2.65. The molecular weight excluding hydrogens is 310 g/mol. The van der Waals surface area contributed by atoms with Crippen molar-refractivity contribution in [3.05, 3.63) is 52.0 Å². The van der Waals surface area contributed by atoms with E-state index in [1.807, 2.05) is 37.3 Å². The van der Waals surface area contributed by atoms with E-state index < -0.39 is 0 Å². The molecule has 114 valence electrons. The summed E-state index contributed by atoms with van der Waals surface area (Å²) in [5.74, 6) is 0.533. The molecule has 1 aromatic carbocycles. The molecule has 3 aromatic heterocycles. The number of thiazole rings is 1. The predicted octanol–water partition coefficient (Wildman–Crippen LogP) is 2.74. The maximum absolute atomic E-state index is 12.6. The summed E-state index contributed by atoms with van der Waals surface area (Å²) in [6.07, 6.45) is 0. The minimum Gasteiger partial charge on any atom is -0.372 e. The van der Waals surface area contributed by atoms with Gasteiger partial charge >= 0.3 is 5.69 Å². The van der Waals surface area contributed by atoms with Crippen LogP contribution in [0.3, 0.4) is 0 Å². The third-order valence-corrected chi connectivity index (χ3v) is 4.56. The number of hydrogen-bond acceptors (Lipinski definition) is 6. The number of rotatable bonds is 2. The highest BCUT2D eigenvalue weighted by molar-refractivity contribution is 7.17. The number of nitrogens with zero attached hydrogens (tertiary/aromatic N) is 4. The molecule has 0 aliphatic carbocycles. The molecule has 3 heterocycles. The third kappa shape index (κ3) is 2.08. The van der Waals surface area contributed by atoms with E-state index in [-0.39, 0.29) is 5.69 Å². The van der Waals surface area contributed by atoms with E-state index >= 15 is 0 Å². The summed E-state index contributed by atoms with van der Waals surface area (Å²) in [4.78, 5) is 25.7. The van der Waals surface area contributed by atoms with Crippen molar-refractivity contribution in [3.63, 3.8) is 0 Å². The highest BCUT2D eigenvalue weighted by atomic mass is 32.1. The third-order valence-electron chi connectivity index (χ3n) is 3.69. The molecule has 4 rings (SSSR count). The fourth-order valence-corrected chi connectivity index (χ4v) is 3.44. The van der Waals surface area contributed by atoms with Gasteiger partial charge in [0.25, 0.3) is 0 Å². The van der Waals surface area contributed by atoms with Gasteiger partial charge in [0.1, 0.15) is 5.82 Å². The van der Waals surface area contributed by atoms with E-state index in [1.165, 1.54) is 11.3 Å². The number of nitrogens with one attached hydrogen (secondary N) is 1. The summed E-state index contributed by atoms with van der Waals surface area (Å²) in [5, 5.41) is 3.77. The molecule has 0 bridgehead atoms. The molecule has 0 radical (unpaired) electrons. The Morgan fingerprint density at radius 1 is 1.17 bits per heavy atom. The standard InChI is InChI=1S/C16H13N5OS/c1-9-6-7-10-14(17-2)20-16(22)21(15(10)19-9)12-5-3-4-11-13(12)23-8-18-11/h3-8H,1-2H3,(H,17,20,22). The van der Waals surface area contributed by atoms with Gasteiger partial charge in [-0.15, -0.1) is 11.3 Å². The molecule has 6 nitrogen and oxygen atoms in total. The summed E-state index contributed by atoms with van der Waals surface area (Å²) in [6.45, 7) is 1.90. The number of benzene rings is 1. The maximum Gasteiger partial charge on any atom is 0.355 e. The summed E-state index contributed by atoms with van der Waals surface area (Å²) in [7, 11) is 1.75. The van der Waals surface area contributed by atoms with Crippen LogP contribution in [0.4, 0.5) is 5.82 Å². The zero-order valence-electron chi connectivity index (χ0n) is 12.6. The second kappa shape index (κ2) is 5.13. The second-order valence-electron chi connectivity index (χ2n) is 5.13. The second-order valence-corrected chi connectivity index (χ2v) is 5.98. The van der Waals surface area contributed by atoms with Crippen molar-refractivity contribution in [3.8, 4) is 5.69 Å². The molecule has 0 saturated heterocycles. The average molecular weight is 323 g/mol. The van der Waals surface area contributed by atoms with Gasteiger partial charge in [-0.2, -0.15) is 4.98 Å². The van der Waals surface area contributed by atoms with Gasteiger partial charge in [-0.25, -0.2) is 19.3 Å². The fraction of sp³-hybridized carbons (Fsp3) is 0.125. The van der Waals surface area contributed by atoms with Crippen LogP contribution in [0.25, 0.3) is 26.9 Å². The lowest BCUT2D eigenvalue weighted by Gasteiger charge is -2.12. The van der Waals surface area contributed by atoms with Crippen molar-refractivity contribution in [2.24, 2.45) is 0 Å². The first-order valence-corrected chi connectivity index (χ1v) is 7.98. The summed E-state index contributed by atoms with van der Waals surface area (Å²) in [6, 6.07) is 9.55. The van der Waals surface area contributed by atoms with Crippen molar-refractivity contribution in [2.45, 2.75) is 6.92 Å². The molecule has 0 fully saturated rings. The van der Waals surface area contributed by atoms with Crippen molar-refractivity contribution in [1.29, 1.82) is 0 Å². The van der Waals surface area contributed by atoms with Crippen LogP contribution in [0.15, 0.2) is 40.6 Å². The first-order valence-electron chi connectivity index (χ1n) is 7.10. The van der Waals surface area contributed by atoms with Crippen LogP contribution in [-0.2, 0) is 0 Å². The Morgan fingerprint density at radius 2 is 2.04 bits per heavy atom. The number of fused-ring (bicyclic) bond motifs is 2. The van der Waals surface area contributed by atoms with Crippen LogP contribution in [0, 0.1) is 6.92 Å². The number of pyridine rings is 1. The van der Waals surface area contributed by atoms with Crippen molar-refractivity contribution >= 4 is 38.4 Å². The van der Waals surface area contributed by atoms with Crippen LogP contribution in [-0.4, -0.2) is 26.6 Å². The summed E-state index contributed by atoms with van der Waals surface area (Å²) < 4.78 is 2.50. The highest BCUT2D eigenvalue weighted by Gasteiger charge is 2.15. The van der Waals surface area contributed by atoms with Gasteiger partial charge in [0.15, 0.2) is 5.65 Å². The minimum absolute atomic E-state index is 0.360. The molecule has 23 heavy (non-hydrogen) atoms. The Morgan fingerprint density at radius 3 is 2.87 bits per heavy atom. The largest absolute Gasteiger partial charge is 0.372 e. The van der Waals surface area contributed by atoms with Gasteiger partial charge in [-0.1, -0.05) is 6.07 Å². The SMILES string of the molecule is CNc1nc(=O)n(-c2cccc3ncsc23)c2nc(C)ccc12. The van der Waals surface area contributed by atoms with E-state index in [4.69, 9.17) is 0 Å². The summed E-state index contributed by atoms with van der Waals surface area (Å²) >= 11 is 1.50. The Balaban J connectivity index is 2.19. The van der Waals surface area contributed by atoms with E-state index in [0.717, 1.165) is 27.0 Å². The van der Waals surface area contributed by atoms with E-state index in [1.54, 1.807) is 17.1 Å². The molecular formula is C16H13N5OS. The Kier molecular flexibility index (Phi) is 3.09. The smallest absolute Gasteiger partial charge is 0.355 e. The van der Waals surface area contributed by atoms with E-state index in [9.17, 15) is 4.79 Å². The summed E-state index contributed by atoms with van der Waals surface area (Å²) in [5.41, 5.74) is 4.47. The number of hydrogen-bond donors (Lipinski definition) is 1. The molecule has 4 aromatic rings. The monoisotopic (exact) mass is 323 g/mol. The Bertz CT molecular complexity index is 1100. The van der Waals surface area contributed by atoms with Gasteiger partial charge < -0.3 is 5.32 Å². The normalized spacial score (nSPS) is 11.2. The topological polar surface area (TPSA) is 72.7 Å². The molecule has 1 N–H and O–H groups in total.